The fourth-order valence-electron chi connectivity index (χ4n) is 2.75. The van der Waals surface area contributed by atoms with Crippen LogP contribution in [0.2, 0.25) is 0 Å². The van der Waals surface area contributed by atoms with Gasteiger partial charge in [-0.1, -0.05) is 13.8 Å². The molecule has 0 unspecified atom stereocenters. The van der Waals surface area contributed by atoms with Crippen LogP contribution in [0.5, 0.6) is 0 Å². The first-order valence-corrected chi connectivity index (χ1v) is 8.54. The van der Waals surface area contributed by atoms with E-state index in [0.717, 1.165) is 37.0 Å². The van der Waals surface area contributed by atoms with Gasteiger partial charge in [-0.3, -0.25) is 0 Å². The summed E-state index contributed by atoms with van der Waals surface area (Å²) in [6, 6.07) is 0. The van der Waals surface area contributed by atoms with E-state index in [9.17, 15) is 0 Å². The predicted molar refractivity (Wildman–Crippen MR) is 88.0 cm³/mol. The van der Waals surface area contributed by atoms with E-state index in [1.54, 1.807) is 0 Å². The van der Waals surface area contributed by atoms with E-state index in [0.29, 0.717) is 11.3 Å². The number of hydrogen-bond acceptors (Lipinski definition) is 4. The van der Waals surface area contributed by atoms with Crippen LogP contribution in [0.4, 0.5) is 11.6 Å². The Bertz CT molecular complexity index is 504. The molecule has 1 aromatic rings. The molecule has 0 atom stereocenters. The maximum absolute atomic E-state index is 4.81. The van der Waals surface area contributed by atoms with Crippen LogP contribution in [-0.2, 0) is 0 Å². The average molecular weight is 288 g/mol. The molecule has 4 heteroatoms. The highest BCUT2D eigenvalue weighted by atomic mass is 15.1. The average Bonchev–Trinajstić information content (AvgIpc) is 3.39. The second-order valence-electron chi connectivity index (χ2n) is 6.81. The van der Waals surface area contributed by atoms with Crippen LogP contribution in [0.15, 0.2) is 0 Å². The third-order valence-corrected chi connectivity index (χ3v) is 4.99. The van der Waals surface area contributed by atoms with Crippen molar-refractivity contribution in [2.75, 3.05) is 23.7 Å². The Balaban J connectivity index is 1.78. The van der Waals surface area contributed by atoms with Crippen LogP contribution in [0.1, 0.15) is 69.7 Å². The topological polar surface area (TPSA) is 49.8 Å². The number of aromatic nitrogens is 2. The van der Waals surface area contributed by atoms with Gasteiger partial charge in [0.05, 0.1) is 0 Å². The lowest BCUT2D eigenvalue weighted by Crippen LogP contribution is -2.18. The molecule has 4 nitrogen and oxygen atoms in total. The Morgan fingerprint density at radius 2 is 1.76 bits per heavy atom. The van der Waals surface area contributed by atoms with E-state index in [1.807, 2.05) is 0 Å². The Kier molecular flexibility index (Phi) is 4.05. The van der Waals surface area contributed by atoms with Crippen LogP contribution >= 0.6 is 0 Å². The molecule has 1 heterocycles. The first-order valence-electron chi connectivity index (χ1n) is 8.54. The molecule has 2 aliphatic rings. The Morgan fingerprint density at radius 1 is 1.10 bits per heavy atom. The standard InChI is InChI=1S/C17H28N4/c1-4-10-18-14-12(3)15(19-11-17(5-2)8-9-17)21-16(20-14)13-6-7-13/h13H,4-11H2,1-3H3,(H2,18,19,20,21). The summed E-state index contributed by atoms with van der Waals surface area (Å²) in [7, 11) is 0. The van der Waals surface area contributed by atoms with Crippen LogP contribution in [-0.4, -0.2) is 23.1 Å². The van der Waals surface area contributed by atoms with Crippen molar-refractivity contribution in [2.45, 2.75) is 65.2 Å². The van der Waals surface area contributed by atoms with Gasteiger partial charge in [0, 0.05) is 24.6 Å². The normalized spacial score (nSPS) is 19.4. The maximum atomic E-state index is 4.81. The first-order chi connectivity index (χ1) is 10.2. The molecular weight excluding hydrogens is 260 g/mol. The quantitative estimate of drug-likeness (QED) is 0.756. The summed E-state index contributed by atoms with van der Waals surface area (Å²) in [5, 5.41) is 7.08. The molecule has 2 aliphatic carbocycles. The van der Waals surface area contributed by atoms with Crippen molar-refractivity contribution >= 4 is 11.6 Å². The van der Waals surface area contributed by atoms with E-state index in [-0.39, 0.29) is 0 Å². The minimum absolute atomic E-state index is 0.536. The lowest BCUT2D eigenvalue weighted by molar-refractivity contribution is 0.520. The molecule has 0 saturated heterocycles. The van der Waals surface area contributed by atoms with Gasteiger partial charge < -0.3 is 10.6 Å². The largest absolute Gasteiger partial charge is 0.370 e. The fourth-order valence-corrected chi connectivity index (χ4v) is 2.75. The van der Waals surface area contributed by atoms with Crippen LogP contribution < -0.4 is 10.6 Å². The minimum atomic E-state index is 0.536. The van der Waals surface area contributed by atoms with Gasteiger partial charge in [-0.15, -0.1) is 0 Å². The zero-order valence-electron chi connectivity index (χ0n) is 13.6. The predicted octanol–water partition coefficient (Wildman–Crippen LogP) is 4.09. The zero-order valence-corrected chi connectivity index (χ0v) is 13.6. The van der Waals surface area contributed by atoms with Crippen LogP contribution in [0.3, 0.4) is 0 Å². The van der Waals surface area contributed by atoms with Gasteiger partial charge in [-0.05, 0) is 50.9 Å². The molecule has 1 aromatic heterocycles. The molecule has 0 spiro atoms. The molecule has 3 rings (SSSR count). The number of hydrogen-bond donors (Lipinski definition) is 2. The van der Waals surface area contributed by atoms with E-state index >= 15 is 0 Å². The summed E-state index contributed by atoms with van der Waals surface area (Å²) >= 11 is 0. The molecule has 0 radical (unpaired) electrons. The van der Waals surface area contributed by atoms with Crippen molar-refractivity contribution in [3.05, 3.63) is 11.4 Å². The van der Waals surface area contributed by atoms with Crippen LogP contribution in [0.25, 0.3) is 0 Å². The highest BCUT2D eigenvalue weighted by Gasteiger charge is 2.40. The highest BCUT2D eigenvalue weighted by molar-refractivity contribution is 5.57. The number of nitrogens with one attached hydrogen (secondary N) is 2. The second-order valence-corrected chi connectivity index (χ2v) is 6.81. The molecule has 2 fully saturated rings. The summed E-state index contributed by atoms with van der Waals surface area (Å²) in [6.45, 7) is 8.63. The van der Waals surface area contributed by atoms with E-state index in [4.69, 9.17) is 9.97 Å². The van der Waals surface area contributed by atoms with Gasteiger partial charge in [-0.2, -0.15) is 0 Å². The fraction of sp³-hybridized carbons (Fsp3) is 0.765. The van der Waals surface area contributed by atoms with Gasteiger partial charge in [0.15, 0.2) is 0 Å². The molecule has 2 saturated carbocycles. The van der Waals surface area contributed by atoms with Gasteiger partial charge in [0.1, 0.15) is 17.5 Å². The maximum Gasteiger partial charge on any atom is 0.136 e. The Morgan fingerprint density at radius 3 is 2.29 bits per heavy atom. The molecular formula is C17H28N4. The summed E-state index contributed by atoms with van der Waals surface area (Å²) < 4.78 is 0. The summed E-state index contributed by atoms with van der Waals surface area (Å²) in [6.07, 6.45) is 7.59. The van der Waals surface area contributed by atoms with Crippen molar-refractivity contribution in [3.63, 3.8) is 0 Å². The second kappa shape index (κ2) is 5.82. The molecule has 0 aliphatic heterocycles. The highest BCUT2D eigenvalue weighted by Crippen LogP contribution is 2.48. The molecule has 116 valence electrons. The third kappa shape index (κ3) is 3.30. The number of nitrogens with zero attached hydrogens (tertiary/aromatic N) is 2. The molecule has 21 heavy (non-hydrogen) atoms. The first kappa shape index (κ1) is 14.6. The number of anilines is 2. The Labute approximate surface area is 128 Å². The molecule has 0 aromatic carbocycles. The van der Waals surface area contributed by atoms with Crippen molar-refractivity contribution in [3.8, 4) is 0 Å². The summed E-state index contributed by atoms with van der Waals surface area (Å²) in [4.78, 5) is 9.56. The molecule has 0 amide bonds. The smallest absolute Gasteiger partial charge is 0.136 e. The van der Waals surface area contributed by atoms with Crippen molar-refractivity contribution in [1.29, 1.82) is 0 Å². The SMILES string of the molecule is CCCNc1nc(C2CC2)nc(NCC2(CC)CC2)c1C. The number of rotatable bonds is 8. The summed E-state index contributed by atoms with van der Waals surface area (Å²) in [5.74, 6) is 3.69. The van der Waals surface area contributed by atoms with Crippen molar-refractivity contribution < 1.29 is 0 Å². The third-order valence-electron chi connectivity index (χ3n) is 4.99. The lowest BCUT2D eigenvalue weighted by atomic mass is 10.0. The van der Waals surface area contributed by atoms with Gasteiger partial charge in [0.2, 0.25) is 0 Å². The minimum Gasteiger partial charge on any atom is -0.370 e. The van der Waals surface area contributed by atoms with Crippen molar-refractivity contribution in [1.82, 2.24) is 9.97 Å². The van der Waals surface area contributed by atoms with Gasteiger partial charge in [0.25, 0.3) is 0 Å². The lowest BCUT2D eigenvalue weighted by Gasteiger charge is -2.18. The zero-order chi connectivity index (χ0) is 14.9. The molecule has 2 N–H and O–H groups in total. The Hall–Kier alpha value is -1.32. The van der Waals surface area contributed by atoms with E-state index < -0.39 is 0 Å². The monoisotopic (exact) mass is 288 g/mol. The van der Waals surface area contributed by atoms with Crippen molar-refractivity contribution in [2.24, 2.45) is 5.41 Å². The summed E-state index contributed by atoms with van der Waals surface area (Å²) in [5.41, 5.74) is 1.70. The van der Waals surface area contributed by atoms with E-state index in [1.165, 1.54) is 37.7 Å². The van der Waals surface area contributed by atoms with Gasteiger partial charge in [-0.25, -0.2) is 9.97 Å². The van der Waals surface area contributed by atoms with Gasteiger partial charge >= 0.3 is 0 Å². The van der Waals surface area contributed by atoms with Crippen LogP contribution in [0, 0.1) is 12.3 Å². The molecule has 0 bridgehead atoms. The van der Waals surface area contributed by atoms with E-state index in [2.05, 4.69) is 31.4 Å².